The van der Waals surface area contributed by atoms with Gasteiger partial charge in [-0.3, -0.25) is 9.59 Å². The third-order valence-electron chi connectivity index (χ3n) is 5.25. The number of carboxylic acids is 1. The second-order valence-electron chi connectivity index (χ2n) is 7.43. The SMILES string of the molecule is O=C(CN1C[C@@H](c2ccccc2)CC1=O)N/N=C\c1ccc(-c2ccccc2C(=O)O)o1. The Bertz CT molecular complexity index is 1170. The van der Waals surface area contributed by atoms with Crippen molar-refractivity contribution in [2.24, 2.45) is 5.10 Å². The molecule has 0 bridgehead atoms. The lowest BCUT2D eigenvalue weighted by atomic mass is 9.99. The largest absolute Gasteiger partial charge is 0.478 e. The maximum absolute atomic E-state index is 12.3. The van der Waals surface area contributed by atoms with Crippen LogP contribution in [0.25, 0.3) is 11.3 Å². The third-order valence-corrected chi connectivity index (χ3v) is 5.25. The quantitative estimate of drug-likeness (QED) is 0.441. The van der Waals surface area contributed by atoms with Gasteiger partial charge in [0.15, 0.2) is 0 Å². The highest BCUT2D eigenvalue weighted by Crippen LogP contribution is 2.28. The molecule has 3 aromatic rings. The van der Waals surface area contributed by atoms with Crippen LogP contribution >= 0.6 is 0 Å². The summed E-state index contributed by atoms with van der Waals surface area (Å²) in [6, 6.07) is 19.5. The second-order valence-corrected chi connectivity index (χ2v) is 7.43. The maximum Gasteiger partial charge on any atom is 0.336 e. The normalized spacial score (nSPS) is 15.9. The van der Waals surface area contributed by atoms with Crippen LogP contribution in [0.15, 0.2) is 76.2 Å². The molecule has 2 heterocycles. The molecule has 2 aromatic carbocycles. The first kappa shape index (κ1) is 21.0. The summed E-state index contributed by atoms with van der Waals surface area (Å²) >= 11 is 0. The summed E-state index contributed by atoms with van der Waals surface area (Å²) in [5, 5.41) is 13.2. The highest BCUT2D eigenvalue weighted by atomic mass is 16.4. The molecule has 32 heavy (non-hydrogen) atoms. The lowest BCUT2D eigenvalue weighted by Crippen LogP contribution is -2.36. The zero-order chi connectivity index (χ0) is 22.5. The van der Waals surface area contributed by atoms with E-state index in [2.05, 4.69) is 10.5 Å². The summed E-state index contributed by atoms with van der Waals surface area (Å²) in [6.07, 6.45) is 1.71. The molecule has 0 spiro atoms. The molecular formula is C24H21N3O5. The predicted molar refractivity (Wildman–Crippen MR) is 117 cm³/mol. The first-order valence-electron chi connectivity index (χ1n) is 10.1. The summed E-state index contributed by atoms with van der Waals surface area (Å²) in [6.45, 7) is 0.416. The first-order valence-corrected chi connectivity index (χ1v) is 10.1. The molecule has 2 amide bonds. The number of carbonyl (C=O) groups excluding carboxylic acids is 2. The number of likely N-dealkylation sites (tertiary alicyclic amines) is 1. The lowest BCUT2D eigenvalue weighted by molar-refractivity contribution is -0.133. The molecule has 1 aromatic heterocycles. The third kappa shape index (κ3) is 4.75. The van der Waals surface area contributed by atoms with Crippen molar-refractivity contribution in [3.05, 3.63) is 83.6 Å². The van der Waals surface area contributed by atoms with Crippen LogP contribution in [-0.2, 0) is 9.59 Å². The minimum atomic E-state index is -1.05. The Labute approximate surface area is 184 Å². The Morgan fingerprint density at radius 3 is 2.62 bits per heavy atom. The number of furan rings is 1. The van der Waals surface area contributed by atoms with Crippen LogP contribution in [0, 0.1) is 0 Å². The fourth-order valence-corrected chi connectivity index (χ4v) is 3.70. The van der Waals surface area contributed by atoms with Gasteiger partial charge in [-0.25, -0.2) is 10.2 Å². The van der Waals surface area contributed by atoms with E-state index in [1.165, 1.54) is 17.2 Å². The zero-order valence-electron chi connectivity index (χ0n) is 17.1. The number of hydrogen-bond donors (Lipinski definition) is 2. The van der Waals surface area contributed by atoms with Crippen molar-refractivity contribution < 1.29 is 23.9 Å². The Kier molecular flexibility index (Phi) is 6.12. The van der Waals surface area contributed by atoms with Crippen LogP contribution in [0.5, 0.6) is 0 Å². The van der Waals surface area contributed by atoms with E-state index < -0.39 is 11.9 Å². The molecule has 1 atom stereocenters. The van der Waals surface area contributed by atoms with Crippen molar-refractivity contribution in [3.8, 4) is 11.3 Å². The topological polar surface area (TPSA) is 112 Å². The van der Waals surface area contributed by atoms with Gasteiger partial charge in [-0.05, 0) is 23.8 Å². The van der Waals surface area contributed by atoms with Crippen LogP contribution in [0.2, 0.25) is 0 Å². The maximum atomic E-state index is 12.3. The Balaban J connectivity index is 1.33. The molecule has 2 N–H and O–H groups in total. The van der Waals surface area contributed by atoms with Crippen molar-refractivity contribution in [3.63, 3.8) is 0 Å². The highest BCUT2D eigenvalue weighted by molar-refractivity contribution is 5.95. The van der Waals surface area contributed by atoms with E-state index in [0.717, 1.165) is 5.56 Å². The van der Waals surface area contributed by atoms with Crippen molar-refractivity contribution in [2.45, 2.75) is 12.3 Å². The number of nitrogens with one attached hydrogen (secondary N) is 1. The number of hydrogen-bond acceptors (Lipinski definition) is 5. The van der Waals surface area contributed by atoms with Gasteiger partial charge in [0.25, 0.3) is 5.91 Å². The molecule has 8 heteroatoms. The van der Waals surface area contributed by atoms with Gasteiger partial charge in [-0.2, -0.15) is 5.10 Å². The summed E-state index contributed by atoms with van der Waals surface area (Å²) in [4.78, 5) is 37.4. The van der Waals surface area contributed by atoms with E-state index in [1.807, 2.05) is 30.3 Å². The molecular weight excluding hydrogens is 410 g/mol. The van der Waals surface area contributed by atoms with Crippen LogP contribution < -0.4 is 5.43 Å². The molecule has 1 fully saturated rings. The van der Waals surface area contributed by atoms with Crippen LogP contribution in [0.4, 0.5) is 0 Å². The molecule has 1 aliphatic rings. The number of nitrogens with zero attached hydrogens (tertiary/aromatic N) is 2. The minimum Gasteiger partial charge on any atom is -0.478 e. The van der Waals surface area contributed by atoms with E-state index in [4.69, 9.17) is 4.42 Å². The number of rotatable bonds is 7. The highest BCUT2D eigenvalue weighted by Gasteiger charge is 2.31. The fraction of sp³-hybridized carbons (Fsp3) is 0.167. The number of carbonyl (C=O) groups is 3. The molecule has 4 rings (SSSR count). The van der Waals surface area contributed by atoms with Gasteiger partial charge >= 0.3 is 5.97 Å². The molecule has 0 radical (unpaired) electrons. The number of carboxylic acid groups (broad SMARTS) is 1. The van der Waals surface area contributed by atoms with Gasteiger partial charge < -0.3 is 14.4 Å². The van der Waals surface area contributed by atoms with Crippen molar-refractivity contribution in [2.75, 3.05) is 13.1 Å². The molecule has 162 valence electrons. The van der Waals surface area contributed by atoms with Gasteiger partial charge in [-0.1, -0.05) is 48.5 Å². The summed E-state index contributed by atoms with van der Waals surface area (Å²) in [7, 11) is 0. The molecule has 0 saturated carbocycles. The van der Waals surface area contributed by atoms with Gasteiger partial charge in [-0.15, -0.1) is 0 Å². The summed E-state index contributed by atoms with van der Waals surface area (Å²) < 4.78 is 5.63. The average molecular weight is 431 g/mol. The second kappa shape index (κ2) is 9.30. The summed E-state index contributed by atoms with van der Waals surface area (Å²) in [5.74, 6) is -0.718. The van der Waals surface area contributed by atoms with E-state index >= 15 is 0 Å². The minimum absolute atomic E-state index is 0.0641. The smallest absolute Gasteiger partial charge is 0.336 e. The summed E-state index contributed by atoms with van der Waals surface area (Å²) in [5.41, 5.74) is 4.05. The Hall–Kier alpha value is -4.20. The van der Waals surface area contributed by atoms with Crippen LogP contribution in [-0.4, -0.2) is 47.1 Å². The van der Waals surface area contributed by atoms with E-state index in [-0.39, 0.29) is 23.9 Å². The van der Waals surface area contributed by atoms with Crippen molar-refractivity contribution >= 4 is 24.0 Å². The standard InChI is InChI=1S/C24H21N3O5/c28-22(15-27-14-17(12-23(27)29)16-6-2-1-3-7-16)26-25-13-18-10-11-21(32-18)19-8-4-5-9-20(19)24(30)31/h1-11,13,17H,12,14-15H2,(H,26,28)(H,30,31)/b25-13-/t17-/m0/s1. The number of hydrazone groups is 1. The van der Waals surface area contributed by atoms with Gasteiger partial charge in [0.1, 0.15) is 18.1 Å². The average Bonchev–Trinajstić information content (AvgIpc) is 3.41. The predicted octanol–water partition coefficient (Wildman–Crippen LogP) is 3.11. The van der Waals surface area contributed by atoms with Crippen LogP contribution in [0.3, 0.4) is 0 Å². The number of amides is 2. The Morgan fingerprint density at radius 1 is 1.09 bits per heavy atom. The van der Waals surface area contributed by atoms with Crippen molar-refractivity contribution in [1.82, 2.24) is 10.3 Å². The zero-order valence-corrected chi connectivity index (χ0v) is 17.1. The molecule has 0 aliphatic carbocycles. The molecule has 1 saturated heterocycles. The van der Waals surface area contributed by atoms with E-state index in [9.17, 15) is 19.5 Å². The van der Waals surface area contributed by atoms with Gasteiger partial charge in [0.2, 0.25) is 5.91 Å². The fourth-order valence-electron chi connectivity index (χ4n) is 3.70. The van der Waals surface area contributed by atoms with Gasteiger partial charge in [0, 0.05) is 24.4 Å². The van der Waals surface area contributed by atoms with E-state index in [0.29, 0.717) is 30.0 Å². The van der Waals surface area contributed by atoms with Gasteiger partial charge in [0.05, 0.1) is 11.8 Å². The first-order chi connectivity index (χ1) is 15.5. The number of aromatic carboxylic acids is 1. The molecule has 1 aliphatic heterocycles. The molecule has 0 unspecified atom stereocenters. The molecule has 8 nitrogen and oxygen atoms in total. The Morgan fingerprint density at radius 2 is 1.84 bits per heavy atom. The van der Waals surface area contributed by atoms with Crippen molar-refractivity contribution in [1.29, 1.82) is 0 Å². The van der Waals surface area contributed by atoms with E-state index in [1.54, 1.807) is 30.3 Å². The number of benzene rings is 2. The van der Waals surface area contributed by atoms with Crippen LogP contribution in [0.1, 0.15) is 34.0 Å². The monoisotopic (exact) mass is 431 g/mol. The lowest BCUT2D eigenvalue weighted by Gasteiger charge is -2.15.